The molecule has 0 radical (unpaired) electrons. The predicted molar refractivity (Wildman–Crippen MR) is 90.2 cm³/mol. The first-order chi connectivity index (χ1) is 11.2. The van der Waals surface area contributed by atoms with Crippen LogP contribution in [-0.4, -0.2) is 29.1 Å². The number of aryl methyl sites for hydroxylation is 1. The average molecular weight is 372 g/mol. The van der Waals surface area contributed by atoms with Gasteiger partial charge < -0.3 is 0 Å². The van der Waals surface area contributed by atoms with E-state index in [0.29, 0.717) is 5.56 Å². The molecule has 0 bridgehead atoms. The molecule has 0 spiro atoms. The third-order valence-electron chi connectivity index (χ3n) is 3.16. The van der Waals surface area contributed by atoms with Crippen LogP contribution in [-0.2, 0) is 20.0 Å². The number of hydrogen-bond acceptors (Lipinski definition) is 4. The molecule has 2 aromatic rings. The van der Waals surface area contributed by atoms with Crippen LogP contribution in [0.4, 0.5) is 10.1 Å². The van der Waals surface area contributed by atoms with E-state index in [1.165, 1.54) is 24.3 Å². The van der Waals surface area contributed by atoms with Gasteiger partial charge in [-0.3, -0.25) is 4.72 Å². The van der Waals surface area contributed by atoms with E-state index in [0.717, 1.165) is 6.07 Å². The highest BCUT2D eigenvalue weighted by atomic mass is 32.2. The van der Waals surface area contributed by atoms with E-state index in [-0.39, 0.29) is 17.1 Å². The zero-order valence-electron chi connectivity index (χ0n) is 12.9. The van der Waals surface area contributed by atoms with Crippen molar-refractivity contribution in [3.63, 3.8) is 0 Å². The lowest BCUT2D eigenvalue weighted by Gasteiger charge is -2.10. The third-order valence-corrected chi connectivity index (χ3v) is 5.93. The largest absolute Gasteiger partial charge is 0.283 e. The van der Waals surface area contributed by atoms with Gasteiger partial charge in [-0.05, 0) is 36.8 Å². The summed E-state index contributed by atoms with van der Waals surface area (Å²) >= 11 is 0. The number of benzene rings is 2. The van der Waals surface area contributed by atoms with Crippen molar-refractivity contribution in [1.29, 1.82) is 0 Å². The zero-order chi connectivity index (χ0) is 17.8. The minimum absolute atomic E-state index is 0.0518. The van der Waals surface area contributed by atoms with Crippen LogP contribution < -0.4 is 9.44 Å². The summed E-state index contributed by atoms with van der Waals surface area (Å²) < 4.78 is 65.7. The minimum Gasteiger partial charge on any atom is -0.283 e. The molecular weight excluding hydrogens is 355 g/mol. The van der Waals surface area contributed by atoms with E-state index in [9.17, 15) is 21.2 Å². The maximum atomic E-state index is 13.4. The molecule has 130 valence electrons. The summed E-state index contributed by atoms with van der Waals surface area (Å²) in [6, 6.07) is 11.6. The molecule has 2 aromatic carbocycles. The van der Waals surface area contributed by atoms with Crippen molar-refractivity contribution in [2.24, 2.45) is 0 Å². The molecule has 0 aliphatic carbocycles. The molecule has 24 heavy (non-hydrogen) atoms. The van der Waals surface area contributed by atoms with Crippen LogP contribution in [0.3, 0.4) is 0 Å². The second kappa shape index (κ2) is 7.29. The summed E-state index contributed by atoms with van der Waals surface area (Å²) in [5.74, 6) is -1.01. The number of halogens is 1. The normalized spacial score (nSPS) is 12.1. The van der Waals surface area contributed by atoms with Gasteiger partial charge >= 0.3 is 0 Å². The van der Waals surface area contributed by atoms with E-state index in [2.05, 4.69) is 9.44 Å². The first-order valence-electron chi connectivity index (χ1n) is 7.01. The summed E-state index contributed by atoms with van der Waals surface area (Å²) in [7, 11) is -7.58. The Morgan fingerprint density at radius 2 is 1.67 bits per heavy atom. The van der Waals surface area contributed by atoms with Crippen LogP contribution >= 0.6 is 0 Å². The summed E-state index contributed by atoms with van der Waals surface area (Å²) in [6.07, 6.45) is 0. The van der Waals surface area contributed by atoms with Gasteiger partial charge in [-0.25, -0.2) is 25.9 Å². The van der Waals surface area contributed by atoms with E-state index in [1.807, 2.05) is 0 Å². The fourth-order valence-corrected chi connectivity index (χ4v) is 4.02. The molecule has 0 aliphatic rings. The number of anilines is 1. The van der Waals surface area contributed by atoms with Crippen LogP contribution in [0.5, 0.6) is 0 Å². The second-order valence-electron chi connectivity index (χ2n) is 5.10. The summed E-state index contributed by atoms with van der Waals surface area (Å²) in [5.41, 5.74) is 0.484. The number of rotatable bonds is 7. The highest BCUT2D eigenvalue weighted by Gasteiger charge is 2.16. The van der Waals surface area contributed by atoms with Gasteiger partial charge in [0.15, 0.2) is 0 Å². The lowest BCUT2D eigenvalue weighted by molar-refractivity contribution is 0.582. The standard InChI is InChI=1S/C15H17FN2O4S2/c1-12-7-8-13(11-15(12)16)18-23(19,20)10-9-17-24(21,22)14-5-3-2-4-6-14/h2-8,11,17-18H,9-10H2,1H3. The Hall–Kier alpha value is -1.97. The SMILES string of the molecule is Cc1ccc(NS(=O)(=O)CCNS(=O)(=O)c2ccccc2)cc1F. The maximum absolute atomic E-state index is 13.4. The molecule has 0 heterocycles. The van der Waals surface area contributed by atoms with Crippen LogP contribution in [0.2, 0.25) is 0 Å². The highest BCUT2D eigenvalue weighted by molar-refractivity contribution is 7.92. The Morgan fingerprint density at radius 1 is 1.00 bits per heavy atom. The predicted octanol–water partition coefficient (Wildman–Crippen LogP) is 1.85. The molecule has 0 saturated heterocycles. The average Bonchev–Trinajstić information content (AvgIpc) is 2.51. The Bertz CT molecular complexity index is 914. The van der Waals surface area contributed by atoms with Crippen LogP contribution in [0, 0.1) is 12.7 Å². The summed E-state index contributed by atoms with van der Waals surface area (Å²) in [5, 5.41) is 0. The van der Waals surface area contributed by atoms with Gasteiger partial charge in [0, 0.05) is 6.54 Å². The van der Waals surface area contributed by atoms with Crippen LogP contribution in [0.25, 0.3) is 0 Å². The summed E-state index contributed by atoms with van der Waals surface area (Å²) in [4.78, 5) is 0.0518. The van der Waals surface area contributed by atoms with E-state index >= 15 is 0 Å². The highest BCUT2D eigenvalue weighted by Crippen LogP contribution is 2.15. The third kappa shape index (κ3) is 5.02. The van der Waals surface area contributed by atoms with Crippen LogP contribution in [0.15, 0.2) is 53.4 Å². The minimum atomic E-state index is -3.81. The van der Waals surface area contributed by atoms with E-state index < -0.39 is 31.6 Å². The number of sulfonamides is 2. The van der Waals surface area contributed by atoms with Gasteiger partial charge in [0.1, 0.15) is 5.82 Å². The molecule has 9 heteroatoms. The molecule has 0 unspecified atom stereocenters. The van der Waals surface area contributed by atoms with Crippen molar-refractivity contribution < 1.29 is 21.2 Å². The van der Waals surface area contributed by atoms with Gasteiger partial charge in [-0.2, -0.15) is 0 Å². The Labute approximate surface area is 140 Å². The van der Waals surface area contributed by atoms with Crippen molar-refractivity contribution in [1.82, 2.24) is 4.72 Å². The molecule has 0 aromatic heterocycles. The maximum Gasteiger partial charge on any atom is 0.240 e. The molecule has 6 nitrogen and oxygen atoms in total. The lowest BCUT2D eigenvalue weighted by atomic mass is 10.2. The number of hydrogen-bond donors (Lipinski definition) is 2. The Balaban J connectivity index is 1.96. The number of nitrogens with one attached hydrogen (secondary N) is 2. The fourth-order valence-electron chi connectivity index (χ4n) is 1.88. The molecule has 0 saturated carbocycles. The molecular formula is C15H17FN2O4S2. The Kier molecular flexibility index (Phi) is 5.58. The molecule has 2 N–H and O–H groups in total. The molecule has 2 rings (SSSR count). The van der Waals surface area contributed by atoms with Crippen molar-refractivity contribution in [2.75, 3.05) is 17.0 Å². The van der Waals surface area contributed by atoms with Gasteiger partial charge in [-0.15, -0.1) is 0 Å². The second-order valence-corrected chi connectivity index (χ2v) is 8.70. The fraction of sp³-hybridized carbons (Fsp3) is 0.200. The lowest BCUT2D eigenvalue weighted by Crippen LogP contribution is -2.31. The van der Waals surface area contributed by atoms with E-state index in [1.54, 1.807) is 25.1 Å². The molecule has 0 aliphatic heterocycles. The molecule has 0 amide bonds. The summed E-state index contributed by atoms with van der Waals surface area (Å²) in [6.45, 7) is 1.26. The molecule has 0 fully saturated rings. The van der Waals surface area contributed by atoms with Crippen molar-refractivity contribution in [2.45, 2.75) is 11.8 Å². The van der Waals surface area contributed by atoms with Gasteiger partial charge in [0.05, 0.1) is 16.3 Å². The van der Waals surface area contributed by atoms with Crippen molar-refractivity contribution in [3.05, 3.63) is 59.9 Å². The van der Waals surface area contributed by atoms with E-state index in [4.69, 9.17) is 0 Å². The first-order valence-corrected chi connectivity index (χ1v) is 10.1. The quantitative estimate of drug-likeness (QED) is 0.776. The Morgan fingerprint density at radius 3 is 2.29 bits per heavy atom. The monoisotopic (exact) mass is 372 g/mol. The van der Waals surface area contributed by atoms with Gasteiger partial charge in [0.25, 0.3) is 0 Å². The first kappa shape index (κ1) is 18.4. The smallest absolute Gasteiger partial charge is 0.240 e. The van der Waals surface area contributed by atoms with Crippen LogP contribution in [0.1, 0.15) is 5.56 Å². The topological polar surface area (TPSA) is 92.3 Å². The van der Waals surface area contributed by atoms with Crippen molar-refractivity contribution in [3.8, 4) is 0 Å². The van der Waals surface area contributed by atoms with Gasteiger partial charge in [-0.1, -0.05) is 24.3 Å². The zero-order valence-corrected chi connectivity index (χ0v) is 14.5. The van der Waals surface area contributed by atoms with Crippen molar-refractivity contribution >= 4 is 25.7 Å². The molecule has 0 atom stereocenters. The van der Waals surface area contributed by atoms with Gasteiger partial charge in [0.2, 0.25) is 20.0 Å².